The minimum absolute atomic E-state index is 0.195. The molecule has 1 aliphatic rings. The molecule has 2 unspecified atom stereocenters. The first kappa shape index (κ1) is 31.5. The predicted octanol–water partition coefficient (Wildman–Crippen LogP) is 1.82. The quantitative estimate of drug-likeness (QED) is 0.231. The summed E-state index contributed by atoms with van der Waals surface area (Å²) in [6.07, 6.45) is 1.05. The molecule has 1 aliphatic heterocycles. The van der Waals surface area contributed by atoms with Crippen LogP contribution in [0.15, 0.2) is 23.0 Å². The number of aromatic nitrogens is 2. The highest BCUT2D eigenvalue weighted by atomic mass is 16.6. The highest BCUT2D eigenvalue weighted by molar-refractivity contribution is 6.00. The van der Waals surface area contributed by atoms with E-state index in [2.05, 4.69) is 5.32 Å². The van der Waals surface area contributed by atoms with Gasteiger partial charge in [0.05, 0.1) is 50.7 Å². The Morgan fingerprint density at radius 3 is 2.25 bits per heavy atom. The summed E-state index contributed by atoms with van der Waals surface area (Å²) < 4.78 is 25.1. The van der Waals surface area contributed by atoms with Gasteiger partial charge in [0, 0.05) is 20.1 Å². The number of hydrogen-bond donors (Lipinski definition) is 2. The summed E-state index contributed by atoms with van der Waals surface area (Å²) >= 11 is 0. The molecule has 222 valence electrons. The monoisotopic (exact) mass is 563 g/mol. The van der Waals surface area contributed by atoms with Crippen molar-refractivity contribution < 1.29 is 38.4 Å². The number of fused-ring (bicyclic) bond motifs is 1. The van der Waals surface area contributed by atoms with Crippen LogP contribution in [-0.2, 0) is 46.8 Å². The summed E-state index contributed by atoms with van der Waals surface area (Å²) in [6.45, 7) is 8.07. The minimum Gasteiger partial charge on any atom is -0.479 e. The summed E-state index contributed by atoms with van der Waals surface area (Å²) in [5, 5.41) is 11.6. The number of hydrogen-bond acceptors (Lipinski definition) is 8. The normalized spacial score (nSPS) is 16.9. The van der Waals surface area contributed by atoms with Crippen molar-refractivity contribution in [3.63, 3.8) is 0 Å². The second kappa shape index (κ2) is 14.5. The van der Waals surface area contributed by atoms with Crippen LogP contribution in [0.4, 0.5) is 0 Å². The Bertz CT molecular complexity index is 1230. The molecule has 12 heteroatoms. The number of ether oxygens (including phenoxy) is 4. The van der Waals surface area contributed by atoms with E-state index in [0.717, 1.165) is 17.5 Å². The summed E-state index contributed by atoms with van der Waals surface area (Å²) in [5.41, 5.74) is 1.67. The zero-order chi connectivity index (χ0) is 29.3. The molecule has 3 rings (SSSR count). The zero-order valence-corrected chi connectivity index (χ0v) is 23.8. The number of imide groups is 1. The Hall–Kier alpha value is -3.06. The van der Waals surface area contributed by atoms with Crippen molar-refractivity contribution in [3.8, 4) is 0 Å². The van der Waals surface area contributed by atoms with Crippen LogP contribution in [0.5, 0.6) is 0 Å². The van der Waals surface area contributed by atoms with Gasteiger partial charge in [-0.15, -0.1) is 0 Å². The fraction of sp³-hybridized carbons (Fsp3) is 0.643. The van der Waals surface area contributed by atoms with Crippen molar-refractivity contribution in [2.75, 3.05) is 46.2 Å². The van der Waals surface area contributed by atoms with Gasteiger partial charge in [-0.1, -0.05) is 32.9 Å². The van der Waals surface area contributed by atoms with Crippen LogP contribution in [0.3, 0.4) is 0 Å². The Morgan fingerprint density at radius 2 is 1.65 bits per heavy atom. The molecule has 2 aromatic rings. The number of benzene rings is 1. The number of imidazole rings is 1. The fourth-order valence-electron chi connectivity index (χ4n) is 4.77. The average Bonchev–Trinajstić information content (AvgIpc) is 3.13. The first-order chi connectivity index (χ1) is 19.0. The zero-order valence-electron chi connectivity index (χ0n) is 23.8. The topological polar surface area (TPSA) is 147 Å². The van der Waals surface area contributed by atoms with Crippen LogP contribution in [-0.4, -0.2) is 84.4 Å². The van der Waals surface area contributed by atoms with Gasteiger partial charge in [-0.3, -0.25) is 24.0 Å². The van der Waals surface area contributed by atoms with E-state index in [1.807, 2.05) is 39.0 Å². The van der Waals surface area contributed by atoms with Crippen LogP contribution in [0.1, 0.15) is 51.6 Å². The van der Waals surface area contributed by atoms with Crippen molar-refractivity contribution in [3.05, 3.63) is 34.2 Å². The largest absolute Gasteiger partial charge is 0.479 e. The molecule has 40 heavy (non-hydrogen) atoms. The number of piperidine rings is 1. The molecular weight excluding hydrogens is 522 g/mol. The second-order valence-corrected chi connectivity index (χ2v) is 10.9. The van der Waals surface area contributed by atoms with Crippen molar-refractivity contribution in [2.45, 2.75) is 58.6 Å². The summed E-state index contributed by atoms with van der Waals surface area (Å²) in [5.74, 6) is -1.75. The second-order valence-electron chi connectivity index (χ2n) is 10.9. The summed E-state index contributed by atoms with van der Waals surface area (Å²) in [4.78, 5) is 48.2. The lowest BCUT2D eigenvalue weighted by atomic mass is 9.89. The van der Waals surface area contributed by atoms with Gasteiger partial charge in [0.1, 0.15) is 6.04 Å². The Morgan fingerprint density at radius 1 is 1.02 bits per heavy atom. The first-order valence-corrected chi connectivity index (χ1v) is 13.6. The van der Waals surface area contributed by atoms with Gasteiger partial charge in [0.2, 0.25) is 11.8 Å². The SMILES string of the molecule is Cn1c(=O)n(C2CCC(=O)NC2=O)c2cccc(CCCOCCOCCOCCOC(C(=O)O)C(C)(C)C)c21. The van der Waals surface area contributed by atoms with Crippen molar-refractivity contribution in [1.29, 1.82) is 0 Å². The smallest absolute Gasteiger partial charge is 0.333 e. The van der Waals surface area contributed by atoms with Gasteiger partial charge >= 0.3 is 11.7 Å². The van der Waals surface area contributed by atoms with Gasteiger partial charge in [0.15, 0.2) is 6.10 Å². The Balaban J connectivity index is 1.33. The molecule has 12 nitrogen and oxygen atoms in total. The number of amides is 2. The summed E-state index contributed by atoms with van der Waals surface area (Å²) in [6, 6.07) is 4.96. The standard InChI is InChI=1S/C28H41N3O9/c1-28(2,3)24(26(34)35)40-18-17-39-16-15-38-14-13-37-12-6-8-19-7-5-9-20-23(19)30(4)27(36)31(20)21-10-11-22(32)29-25(21)33/h5,7,9,21,24H,6,8,10-18H2,1-4H3,(H,34,35)(H,29,32,33). The van der Waals surface area contributed by atoms with Crippen LogP contribution < -0.4 is 11.0 Å². The minimum atomic E-state index is -0.984. The molecule has 2 N–H and O–H groups in total. The highest BCUT2D eigenvalue weighted by Crippen LogP contribution is 2.25. The lowest BCUT2D eigenvalue weighted by molar-refractivity contribution is -0.159. The van der Waals surface area contributed by atoms with Crippen molar-refractivity contribution in [2.24, 2.45) is 12.5 Å². The third-order valence-electron chi connectivity index (χ3n) is 6.71. The first-order valence-electron chi connectivity index (χ1n) is 13.6. The van der Waals surface area contributed by atoms with E-state index in [9.17, 15) is 24.3 Å². The van der Waals surface area contributed by atoms with Crippen LogP contribution in [0.2, 0.25) is 0 Å². The van der Waals surface area contributed by atoms with E-state index in [-0.39, 0.29) is 31.2 Å². The molecule has 2 atom stereocenters. The van der Waals surface area contributed by atoms with E-state index >= 15 is 0 Å². The third kappa shape index (κ3) is 8.23. The number of carbonyl (C=O) groups excluding carboxylic acids is 2. The van der Waals surface area contributed by atoms with Gasteiger partial charge in [-0.2, -0.15) is 0 Å². The molecule has 1 aromatic heterocycles. The molecule has 1 saturated heterocycles. The molecule has 0 radical (unpaired) electrons. The molecule has 0 aliphatic carbocycles. The maximum atomic E-state index is 13.0. The molecule has 0 spiro atoms. The van der Waals surface area contributed by atoms with Crippen LogP contribution >= 0.6 is 0 Å². The molecule has 2 heterocycles. The predicted molar refractivity (Wildman–Crippen MR) is 146 cm³/mol. The lowest BCUT2D eigenvalue weighted by Crippen LogP contribution is -2.44. The Labute approximate surface area is 233 Å². The number of nitrogens with zero attached hydrogens (tertiary/aromatic N) is 2. The number of carbonyl (C=O) groups is 3. The van der Waals surface area contributed by atoms with Crippen LogP contribution in [0, 0.1) is 5.41 Å². The molecular formula is C28H41N3O9. The fourth-order valence-corrected chi connectivity index (χ4v) is 4.77. The van der Waals surface area contributed by atoms with E-state index in [1.54, 1.807) is 11.6 Å². The number of carboxylic acids is 1. The lowest BCUT2D eigenvalue weighted by Gasteiger charge is -2.26. The number of aryl methyl sites for hydroxylation is 2. The molecule has 0 saturated carbocycles. The maximum Gasteiger partial charge on any atom is 0.333 e. The maximum absolute atomic E-state index is 13.0. The Kier molecular flexibility index (Phi) is 11.4. The number of para-hydroxylation sites is 1. The summed E-state index contributed by atoms with van der Waals surface area (Å²) in [7, 11) is 1.69. The molecule has 2 amide bonds. The van der Waals surface area contributed by atoms with Crippen LogP contribution in [0.25, 0.3) is 11.0 Å². The highest BCUT2D eigenvalue weighted by Gasteiger charge is 2.32. The molecule has 1 fully saturated rings. The number of carboxylic acid groups (broad SMARTS) is 1. The van der Waals surface area contributed by atoms with Crippen molar-refractivity contribution >= 4 is 28.8 Å². The van der Waals surface area contributed by atoms with Crippen molar-refractivity contribution in [1.82, 2.24) is 14.5 Å². The van der Waals surface area contributed by atoms with E-state index in [0.29, 0.717) is 51.4 Å². The van der Waals surface area contributed by atoms with Gasteiger partial charge in [0.25, 0.3) is 0 Å². The van der Waals surface area contributed by atoms with Gasteiger partial charge < -0.3 is 24.1 Å². The van der Waals surface area contributed by atoms with E-state index < -0.39 is 29.4 Å². The van der Waals surface area contributed by atoms with Gasteiger partial charge in [-0.05, 0) is 36.3 Å². The number of nitrogens with one attached hydrogen (secondary N) is 1. The average molecular weight is 564 g/mol. The molecule has 1 aromatic carbocycles. The molecule has 0 bridgehead atoms. The number of aliphatic carboxylic acids is 1. The third-order valence-corrected chi connectivity index (χ3v) is 6.71. The van der Waals surface area contributed by atoms with E-state index in [4.69, 9.17) is 18.9 Å². The van der Waals surface area contributed by atoms with E-state index in [1.165, 1.54) is 4.57 Å². The van der Waals surface area contributed by atoms with Gasteiger partial charge in [-0.25, -0.2) is 9.59 Å². The number of rotatable bonds is 16.